The molecule has 1 fully saturated rings. The van der Waals surface area contributed by atoms with E-state index < -0.39 is 0 Å². The smallest absolute Gasteiger partial charge is 0.256 e. The van der Waals surface area contributed by atoms with Crippen molar-refractivity contribution in [2.24, 2.45) is 5.92 Å². The summed E-state index contributed by atoms with van der Waals surface area (Å²) in [6, 6.07) is 5.51. The monoisotopic (exact) mass is 291 g/mol. The summed E-state index contributed by atoms with van der Waals surface area (Å²) in [5, 5.41) is 0. The van der Waals surface area contributed by atoms with Gasteiger partial charge in [0.15, 0.2) is 0 Å². The predicted octanol–water partition coefficient (Wildman–Crippen LogP) is 1.83. The van der Waals surface area contributed by atoms with Crippen molar-refractivity contribution in [3.05, 3.63) is 23.8 Å². The highest BCUT2D eigenvalue weighted by molar-refractivity contribution is 6.00. The van der Waals surface area contributed by atoms with Crippen LogP contribution in [0.2, 0.25) is 0 Å². The van der Waals surface area contributed by atoms with Crippen LogP contribution >= 0.6 is 0 Å². The van der Waals surface area contributed by atoms with Crippen molar-refractivity contribution in [2.75, 3.05) is 51.5 Å². The Morgan fingerprint density at radius 3 is 2.62 bits per heavy atom. The number of rotatable bonds is 4. The van der Waals surface area contributed by atoms with E-state index in [0.29, 0.717) is 17.2 Å². The van der Waals surface area contributed by atoms with E-state index in [0.717, 1.165) is 38.2 Å². The summed E-state index contributed by atoms with van der Waals surface area (Å²) in [7, 11) is 5.61. The van der Waals surface area contributed by atoms with Gasteiger partial charge in [-0.1, -0.05) is 0 Å². The van der Waals surface area contributed by atoms with Crippen LogP contribution in [-0.4, -0.2) is 51.7 Å². The highest BCUT2D eigenvalue weighted by Gasteiger charge is 2.25. The van der Waals surface area contributed by atoms with Crippen LogP contribution in [0.1, 0.15) is 23.2 Å². The van der Waals surface area contributed by atoms with Crippen molar-refractivity contribution in [1.29, 1.82) is 0 Å². The number of likely N-dealkylation sites (tertiary alicyclic amines) is 1. The first-order valence-corrected chi connectivity index (χ1v) is 7.38. The van der Waals surface area contributed by atoms with E-state index >= 15 is 0 Å². The summed E-state index contributed by atoms with van der Waals surface area (Å²) in [6.07, 6.45) is 2.00. The molecule has 2 rings (SSSR count). The number of piperidine rings is 1. The Balaban J connectivity index is 2.12. The molecule has 2 N–H and O–H groups in total. The standard InChI is InChI=1S/C16H25N3O2/c1-18(2)15-5-4-13(17)10-14(15)16(20)19-8-6-12(7-9-19)11-21-3/h4-5,10,12H,6-9,11,17H2,1-3H3. The van der Waals surface area contributed by atoms with Crippen LogP contribution in [0, 0.1) is 5.92 Å². The number of hydrogen-bond donors (Lipinski definition) is 1. The molecule has 0 saturated carbocycles. The number of nitrogens with zero attached hydrogens (tertiary/aromatic N) is 2. The molecule has 0 unspecified atom stereocenters. The maximum Gasteiger partial charge on any atom is 0.256 e. The zero-order chi connectivity index (χ0) is 15.4. The number of hydrogen-bond acceptors (Lipinski definition) is 4. The molecule has 1 aromatic rings. The third kappa shape index (κ3) is 3.67. The molecule has 1 saturated heterocycles. The van der Waals surface area contributed by atoms with Gasteiger partial charge in [-0.05, 0) is 37.0 Å². The van der Waals surface area contributed by atoms with Crippen LogP contribution < -0.4 is 10.6 Å². The van der Waals surface area contributed by atoms with E-state index in [-0.39, 0.29) is 5.91 Å². The van der Waals surface area contributed by atoms with Crippen LogP contribution in [0.4, 0.5) is 11.4 Å². The zero-order valence-corrected chi connectivity index (χ0v) is 13.1. The first-order valence-electron chi connectivity index (χ1n) is 7.38. The van der Waals surface area contributed by atoms with Crippen LogP contribution in [0.15, 0.2) is 18.2 Å². The molecule has 1 aliphatic rings. The van der Waals surface area contributed by atoms with E-state index in [4.69, 9.17) is 10.5 Å². The Hall–Kier alpha value is -1.75. The number of benzene rings is 1. The molecular weight excluding hydrogens is 266 g/mol. The summed E-state index contributed by atoms with van der Waals surface area (Å²) < 4.78 is 5.20. The van der Waals surface area contributed by atoms with Gasteiger partial charge >= 0.3 is 0 Å². The quantitative estimate of drug-likeness (QED) is 0.860. The SMILES string of the molecule is COCC1CCN(C(=O)c2cc(N)ccc2N(C)C)CC1. The molecule has 0 radical (unpaired) electrons. The Morgan fingerprint density at radius 2 is 2.05 bits per heavy atom. The minimum Gasteiger partial charge on any atom is -0.399 e. The van der Waals surface area contributed by atoms with Gasteiger partial charge in [0.25, 0.3) is 5.91 Å². The van der Waals surface area contributed by atoms with Crippen LogP contribution in [0.5, 0.6) is 0 Å². The van der Waals surface area contributed by atoms with Gasteiger partial charge in [0.05, 0.1) is 5.56 Å². The van der Waals surface area contributed by atoms with Gasteiger partial charge in [0, 0.05) is 52.3 Å². The van der Waals surface area contributed by atoms with Gasteiger partial charge in [-0.3, -0.25) is 4.79 Å². The van der Waals surface area contributed by atoms with E-state index in [9.17, 15) is 4.79 Å². The summed E-state index contributed by atoms with van der Waals surface area (Å²) in [5.74, 6) is 0.634. The maximum atomic E-state index is 12.8. The number of anilines is 2. The van der Waals surface area contributed by atoms with Crippen molar-refractivity contribution < 1.29 is 9.53 Å². The highest BCUT2D eigenvalue weighted by atomic mass is 16.5. The Labute approximate surface area is 126 Å². The Kier molecular flexibility index (Phi) is 5.07. The fraction of sp³-hybridized carbons (Fsp3) is 0.562. The molecule has 1 amide bonds. The third-order valence-corrected chi connectivity index (χ3v) is 4.04. The number of carbonyl (C=O) groups excluding carboxylic acids is 1. The fourth-order valence-corrected chi connectivity index (χ4v) is 2.82. The lowest BCUT2D eigenvalue weighted by Crippen LogP contribution is -2.39. The lowest BCUT2D eigenvalue weighted by Gasteiger charge is -2.32. The largest absolute Gasteiger partial charge is 0.399 e. The lowest BCUT2D eigenvalue weighted by atomic mass is 9.97. The molecular formula is C16H25N3O2. The average molecular weight is 291 g/mol. The van der Waals surface area contributed by atoms with E-state index in [1.54, 1.807) is 13.2 Å². The van der Waals surface area contributed by atoms with Gasteiger partial charge < -0.3 is 20.3 Å². The second kappa shape index (κ2) is 6.80. The molecule has 5 nitrogen and oxygen atoms in total. The second-order valence-corrected chi connectivity index (χ2v) is 5.86. The highest BCUT2D eigenvalue weighted by Crippen LogP contribution is 2.25. The summed E-state index contributed by atoms with van der Waals surface area (Å²) in [5.41, 5.74) is 8.07. The minimum atomic E-state index is 0.0712. The van der Waals surface area contributed by atoms with Crippen molar-refractivity contribution in [3.63, 3.8) is 0 Å². The predicted molar refractivity (Wildman–Crippen MR) is 85.7 cm³/mol. The summed E-state index contributed by atoms with van der Waals surface area (Å²) >= 11 is 0. The molecule has 116 valence electrons. The third-order valence-electron chi connectivity index (χ3n) is 4.04. The van der Waals surface area contributed by atoms with Crippen molar-refractivity contribution >= 4 is 17.3 Å². The summed E-state index contributed by atoms with van der Waals surface area (Å²) in [4.78, 5) is 16.6. The number of methoxy groups -OCH3 is 1. The molecule has 5 heteroatoms. The van der Waals surface area contributed by atoms with E-state index in [1.165, 1.54) is 0 Å². The lowest BCUT2D eigenvalue weighted by molar-refractivity contribution is 0.0614. The molecule has 0 spiro atoms. The fourth-order valence-electron chi connectivity index (χ4n) is 2.82. The molecule has 0 atom stereocenters. The van der Waals surface area contributed by atoms with Crippen LogP contribution in [0.25, 0.3) is 0 Å². The number of nitrogen functional groups attached to an aromatic ring is 1. The average Bonchev–Trinajstić information content (AvgIpc) is 2.47. The molecule has 1 aliphatic heterocycles. The minimum absolute atomic E-state index is 0.0712. The normalized spacial score (nSPS) is 16.0. The number of nitrogens with two attached hydrogens (primary N) is 1. The first kappa shape index (κ1) is 15.6. The number of ether oxygens (including phenoxy) is 1. The Bertz CT molecular complexity index is 494. The second-order valence-electron chi connectivity index (χ2n) is 5.86. The van der Waals surface area contributed by atoms with Gasteiger partial charge in [0.1, 0.15) is 0 Å². The van der Waals surface area contributed by atoms with Crippen LogP contribution in [0.3, 0.4) is 0 Å². The van der Waals surface area contributed by atoms with Crippen LogP contribution in [-0.2, 0) is 4.74 Å². The zero-order valence-electron chi connectivity index (χ0n) is 13.1. The first-order chi connectivity index (χ1) is 10.0. The van der Waals surface area contributed by atoms with Crippen molar-refractivity contribution in [3.8, 4) is 0 Å². The molecule has 0 aromatic heterocycles. The maximum absolute atomic E-state index is 12.8. The summed E-state index contributed by atoms with van der Waals surface area (Å²) in [6.45, 7) is 2.35. The van der Waals surface area contributed by atoms with Crippen molar-refractivity contribution in [1.82, 2.24) is 4.90 Å². The molecule has 1 aromatic carbocycles. The topological polar surface area (TPSA) is 58.8 Å². The molecule has 1 heterocycles. The van der Waals surface area contributed by atoms with Gasteiger partial charge in [0.2, 0.25) is 0 Å². The molecule has 0 bridgehead atoms. The van der Waals surface area contributed by atoms with Gasteiger partial charge in [-0.15, -0.1) is 0 Å². The Morgan fingerprint density at radius 1 is 1.38 bits per heavy atom. The van der Waals surface area contributed by atoms with Crippen molar-refractivity contribution in [2.45, 2.75) is 12.8 Å². The molecule has 0 aliphatic carbocycles. The van der Waals surface area contributed by atoms with Gasteiger partial charge in [-0.2, -0.15) is 0 Å². The van der Waals surface area contributed by atoms with E-state index in [1.807, 2.05) is 36.0 Å². The van der Waals surface area contributed by atoms with Gasteiger partial charge in [-0.25, -0.2) is 0 Å². The number of amides is 1. The molecule has 21 heavy (non-hydrogen) atoms. The number of carbonyl (C=O) groups is 1. The van der Waals surface area contributed by atoms with E-state index in [2.05, 4.69) is 0 Å².